The number of benzene rings is 2. The van der Waals surface area contributed by atoms with Crippen molar-refractivity contribution in [1.29, 1.82) is 0 Å². The average molecular weight is 230 g/mol. The van der Waals surface area contributed by atoms with Gasteiger partial charge in [0.2, 0.25) is 0 Å². The van der Waals surface area contributed by atoms with Crippen molar-refractivity contribution >= 4 is 22.5 Å². The number of unbranched alkanes of at least 4 members (excludes halogenated alkanes) is 2. The van der Waals surface area contributed by atoms with Crippen LogP contribution in [0.1, 0.15) is 26.2 Å². The summed E-state index contributed by atoms with van der Waals surface area (Å²) in [5, 5.41) is 2.74. The van der Waals surface area contributed by atoms with E-state index in [1.807, 2.05) is 11.8 Å². The van der Waals surface area contributed by atoms with Crippen molar-refractivity contribution in [2.24, 2.45) is 0 Å². The van der Waals surface area contributed by atoms with Crippen LogP contribution in [-0.2, 0) is 0 Å². The summed E-state index contributed by atoms with van der Waals surface area (Å²) in [4.78, 5) is 1.43. The van der Waals surface area contributed by atoms with Gasteiger partial charge in [-0.05, 0) is 29.0 Å². The minimum Gasteiger partial charge on any atom is -0.126 e. The van der Waals surface area contributed by atoms with Gasteiger partial charge >= 0.3 is 0 Å². The SMILES string of the molecule is CCCCCSc1cccc2ccccc12. The first-order valence-corrected chi connectivity index (χ1v) is 7.01. The molecule has 1 heteroatoms. The number of hydrogen-bond acceptors (Lipinski definition) is 1. The molecule has 0 aliphatic carbocycles. The lowest BCUT2D eigenvalue weighted by molar-refractivity contribution is 0.778. The minimum absolute atomic E-state index is 1.24. The Morgan fingerprint density at radius 3 is 2.62 bits per heavy atom. The van der Waals surface area contributed by atoms with Crippen molar-refractivity contribution in [2.75, 3.05) is 5.75 Å². The Hall–Kier alpha value is -0.950. The van der Waals surface area contributed by atoms with E-state index in [4.69, 9.17) is 0 Å². The van der Waals surface area contributed by atoms with Gasteiger partial charge in [0.1, 0.15) is 0 Å². The maximum Gasteiger partial charge on any atom is 0.0150 e. The van der Waals surface area contributed by atoms with Gasteiger partial charge in [0.05, 0.1) is 0 Å². The van der Waals surface area contributed by atoms with Gasteiger partial charge < -0.3 is 0 Å². The number of fused-ring (bicyclic) bond motifs is 1. The summed E-state index contributed by atoms with van der Waals surface area (Å²) in [6.45, 7) is 2.25. The van der Waals surface area contributed by atoms with E-state index in [2.05, 4.69) is 49.4 Å². The topological polar surface area (TPSA) is 0 Å². The molecule has 0 fully saturated rings. The molecule has 0 saturated heterocycles. The maximum atomic E-state index is 2.25. The molecule has 0 saturated carbocycles. The molecule has 2 aromatic carbocycles. The molecule has 0 aromatic heterocycles. The highest BCUT2D eigenvalue weighted by Crippen LogP contribution is 2.28. The van der Waals surface area contributed by atoms with Crippen LogP contribution in [0.4, 0.5) is 0 Å². The van der Waals surface area contributed by atoms with E-state index in [0.717, 1.165) is 0 Å². The molecule has 0 amide bonds. The van der Waals surface area contributed by atoms with Gasteiger partial charge in [0, 0.05) is 4.90 Å². The van der Waals surface area contributed by atoms with E-state index < -0.39 is 0 Å². The van der Waals surface area contributed by atoms with Crippen molar-refractivity contribution in [3.63, 3.8) is 0 Å². The summed E-state index contributed by atoms with van der Waals surface area (Å²) in [5.74, 6) is 1.24. The Morgan fingerprint density at radius 2 is 1.75 bits per heavy atom. The van der Waals surface area contributed by atoms with E-state index in [1.165, 1.54) is 40.7 Å². The van der Waals surface area contributed by atoms with Crippen LogP contribution in [0.3, 0.4) is 0 Å². The zero-order valence-corrected chi connectivity index (χ0v) is 10.6. The molecule has 0 N–H and O–H groups in total. The highest BCUT2D eigenvalue weighted by Gasteiger charge is 1.99. The molecular weight excluding hydrogens is 212 g/mol. The molecule has 0 heterocycles. The first-order valence-electron chi connectivity index (χ1n) is 6.02. The second kappa shape index (κ2) is 5.95. The molecule has 0 unspecified atom stereocenters. The van der Waals surface area contributed by atoms with Crippen molar-refractivity contribution in [3.8, 4) is 0 Å². The minimum atomic E-state index is 1.24. The van der Waals surface area contributed by atoms with Crippen LogP contribution < -0.4 is 0 Å². The van der Waals surface area contributed by atoms with E-state index >= 15 is 0 Å². The Bertz CT molecular complexity index is 443. The summed E-state index contributed by atoms with van der Waals surface area (Å²) < 4.78 is 0. The van der Waals surface area contributed by atoms with Crippen LogP contribution >= 0.6 is 11.8 Å². The largest absolute Gasteiger partial charge is 0.126 e. The molecule has 0 nitrogen and oxygen atoms in total. The smallest absolute Gasteiger partial charge is 0.0150 e. The standard InChI is InChI=1S/C15H18S/c1-2-3-6-12-16-15-11-7-9-13-8-4-5-10-14(13)15/h4-5,7-11H,2-3,6,12H2,1H3. The first-order chi connectivity index (χ1) is 7.92. The highest BCUT2D eigenvalue weighted by molar-refractivity contribution is 7.99. The van der Waals surface area contributed by atoms with Gasteiger partial charge in [-0.2, -0.15) is 0 Å². The Kier molecular flexibility index (Phi) is 4.29. The molecule has 16 heavy (non-hydrogen) atoms. The van der Waals surface area contributed by atoms with E-state index in [9.17, 15) is 0 Å². The number of hydrogen-bond donors (Lipinski definition) is 0. The first kappa shape index (κ1) is 11.5. The summed E-state index contributed by atoms with van der Waals surface area (Å²) in [6.07, 6.45) is 3.97. The summed E-state index contributed by atoms with van der Waals surface area (Å²) in [7, 11) is 0. The van der Waals surface area contributed by atoms with Crippen LogP contribution in [0, 0.1) is 0 Å². The van der Waals surface area contributed by atoms with Gasteiger partial charge in [-0.15, -0.1) is 11.8 Å². The van der Waals surface area contributed by atoms with Gasteiger partial charge in [-0.3, -0.25) is 0 Å². The third-order valence-electron chi connectivity index (χ3n) is 2.76. The number of rotatable bonds is 5. The summed E-state index contributed by atoms with van der Waals surface area (Å²) in [5.41, 5.74) is 0. The Morgan fingerprint density at radius 1 is 0.938 bits per heavy atom. The second-order valence-corrected chi connectivity index (χ2v) is 5.17. The molecule has 0 aliphatic heterocycles. The van der Waals surface area contributed by atoms with Gasteiger partial charge in [-0.25, -0.2) is 0 Å². The normalized spacial score (nSPS) is 10.8. The van der Waals surface area contributed by atoms with Crippen LogP contribution in [0.15, 0.2) is 47.4 Å². The lowest BCUT2D eigenvalue weighted by atomic mass is 10.1. The number of thioether (sulfide) groups is 1. The Labute approximate surface area is 102 Å². The van der Waals surface area contributed by atoms with Crippen LogP contribution in [-0.4, -0.2) is 5.75 Å². The van der Waals surface area contributed by atoms with Gasteiger partial charge in [-0.1, -0.05) is 56.2 Å². The fraction of sp³-hybridized carbons (Fsp3) is 0.333. The molecule has 0 spiro atoms. The lowest BCUT2D eigenvalue weighted by Crippen LogP contribution is -1.82. The van der Waals surface area contributed by atoms with Gasteiger partial charge in [0.15, 0.2) is 0 Å². The zero-order chi connectivity index (χ0) is 11.2. The van der Waals surface area contributed by atoms with Crippen LogP contribution in [0.2, 0.25) is 0 Å². The molecular formula is C15H18S. The van der Waals surface area contributed by atoms with Crippen molar-refractivity contribution in [1.82, 2.24) is 0 Å². The Balaban J connectivity index is 2.11. The predicted octanol–water partition coefficient (Wildman–Crippen LogP) is 5.12. The maximum absolute atomic E-state index is 2.25. The molecule has 2 aromatic rings. The fourth-order valence-electron chi connectivity index (χ4n) is 1.86. The summed E-state index contributed by atoms with van der Waals surface area (Å²) >= 11 is 1.99. The highest BCUT2D eigenvalue weighted by atomic mass is 32.2. The lowest BCUT2D eigenvalue weighted by Gasteiger charge is -2.05. The predicted molar refractivity (Wildman–Crippen MR) is 74.2 cm³/mol. The van der Waals surface area contributed by atoms with E-state index in [0.29, 0.717) is 0 Å². The van der Waals surface area contributed by atoms with E-state index in [1.54, 1.807) is 0 Å². The monoisotopic (exact) mass is 230 g/mol. The third kappa shape index (κ3) is 2.79. The second-order valence-electron chi connectivity index (χ2n) is 4.03. The molecule has 0 radical (unpaired) electrons. The van der Waals surface area contributed by atoms with Crippen LogP contribution in [0.5, 0.6) is 0 Å². The molecule has 2 rings (SSSR count). The van der Waals surface area contributed by atoms with Crippen molar-refractivity contribution in [3.05, 3.63) is 42.5 Å². The van der Waals surface area contributed by atoms with E-state index in [-0.39, 0.29) is 0 Å². The van der Waals surface area contributed by atoms with Crippen LogP contribution in [0.25, 0.3) is 10.8 Å². The van der Waals surface area contributed by atoms with Crippen molar-refractivity contribution < 1.29 is 0 Å². The molecule has 0 atom stereocenters. The zero-order valence-electron chi connectivity index (χ0n) is 9.78. The average Bonchev–Trinajstić information content (AvgIpc) is 2.35. The summed E-state index contributed by atoms with van der Waals surface area (Å²) in [6, 6.07) is 15.2. The molecule has 0 bridgehead atoms. The van der Waals surface area contributed by atoms with Gasteiger partial charge in [0.25, 0.3) is 0 Å². The fourth-order valence-corrected chi connectivity index (χ4v) is 2.94. The van der Waals surface area contributed by atoms with Crippen molar-refractivity contribution in [2.45, 2.75) is 31.1 Å². The third-order valence-corrected chi connectivity index (χ3v) is 3.91. The molecule has 84 valence electrons. The quantitative estimate of drug-likeness (QED) is 0.507. The molecule has 0 aliphatic rings.